The van der Waals surface area contributed by atoms with Crippen LogP contribution in [0.25, 0.3) is 0 Å². The number of hydrogen-bond acceptors (Lipinski definition) is 0. The van der Waals surface area contributed by atoms with Crippen molar-refractivity contribution in [2.45, 2.75) is 98.3 Å². The van der Waals surface area contributed by atoms with Gasteiger partial charge in [0.15, 0.2) is 0 Å². The lowest BCUT2D eigenvalue weighted by molar-refractivity contribution is 0.730. The second-order valence-electron chi connectivity index (χ2n) is 6.79. The van der Waals surface area contributed by atoms with E-state index in [4.69, 9.17) is 0 Å². The van der Waals surface area contributed by atoms with Crippen LogP contribution in [0.4, 0.5) is 0 Å². The average molecular weight is 289 g/mol. The van der Waals surface area contributed by atoms with E-state index in [1.807, 2.05) is 0 Å². The van der Waals surface area contributed by atoms with Gasteiger partial charge in [-0.05, 0) is 66.7 Å². The van der Waals surface area contributed by atoms with E-state index in [2.05, 4.69) is 46.8 Å². The molecule has 0 saturated carbocycles. The molecule has 0 aliphatic carbocycles. The zero-order valence-electron chi connectivity index (χ0n) is 15.1. The predicted molar refractivity (Wildman–Crippen MR) is 96.4 cm³/mol. The van der Waals surface area contributed by atoms with Crippen molar-refractivity contribution in [3.05, 3.63) is 34.4 Å². The molecule has 0 heterocycles. The van der Waals surface area contributed by atoms with Crippen molar-refractivity contribution in [1.29, 1.82) is 0 Å². The molecule has 120 valence electrons. The Balaban J connectivity index is 3.14. The fourth-order valence-corrected chi connectivity index (χ4v) is 3.27. The first-order valence-electron chi connectivity index (χ1n) is 9.28. The fraction of sp³-hybridized carbons (Fsp3) is 0.714. The van der Waals surface area contributed by atoms with Crippen LogP contribution < -0.4 is 0 Å². The second-order valence-corrected chi connectivity index (χ2v) is 6.79. The first-order valence-corrected chi connectivity index (χ1v) is 9.28. The summed E-state index contributed by atoms with van der Waals surface area (Å²) in [7, 11) is 0. The number of benzene rings is 1. The molecule has 0 N–H and O–H groups in total. The minimum absolute atomic E-state index is 0.656. The standard InChI is InChI=1S/C21H36/c1-6-9-12-18-15-19(13-10-7-2)21(17(4)5)20(16-18)14-11-8-3/h15-17H,6-14H2,1-5H3. The number of hydrogen-bond donors (Lipinski definition) is 0. The van der Waals surface area contributed by atoms with Gasteiger partial charge in [0.1, 0.15) is 0 Å². The van der Waals surface area contributed by atoms with Crippen molar-refractivity contribution in [2.75, 3.05) is 0 Å². The van der Waals surface area contributed by atoms with Crippen LogP contribution in [0.1, 0.15) is 101 Å². The molecular weight excluding hydrogens is 252 g/mol. The van der Waals surface area contributed by atoms with Gasteiger partial charge < -0.3 is 0 Å². The second kappa shape index (κ2) is 10.0. The molecule has 0 spiro atoms. The topological polar surface area (TPSA) is 0 Å². The van der Waals surface area contributed by atoms with Crippen molar-refractivity contribution < 1.29 is 0 Å². The summed E-state index contributed by atoms with van der Waals surface area (Å²) >= 11 is 0. The van der Waals surface area contributed by atoms with Crippen molar-refractivity contribution in [1.82, 2.24) is 0 Å². The molecule has 1 aromatic carbocycles. The molecule has 0 nitrogen and oxygen atoms in total. The van der Waals surface area contributed by atoms with Gasteiger partial charge >= 0.3 is 0 Å². The van der Waals surface area contributed by atoms with Crippen LogP contribution in [-0.4, -0.2) is 0 Å². The highest BCUT2D eigenvalue weighted by atomic mass is 14.2. The fourth-order valence-electron chi connectivity index (χ4n) is 3.27. The molecule has 0 bridgehead atoms. The first kappa shape index (κ1) is 18.3. The van der Waals surface area contributed by atoms with E-state index in [0.29, 0.717) is 5.92 Å². The van der Waals surface area contributed by atoms with Gasteiger partial charge in [-0.3, -0.25) is 0 Å². The van der Waals surface area contributed by atoms with Crippen molar-refractivity contribution in [2.24, 2.45) is 0 Å². The molecule has 0 atom stereocenters. The van der Waals surface area contributed by atoms with Gasteiger partial charge in [0.25, 0.3) is 0 Å². The van der Waals surface area contributed by atoms with E-state index in [9.17, 15) is 0 Å². The lowest BCUT2D eigenvalue weighted by atomic mass is 9.85. The van der Waals surface area contributed by atoms with Gasteiger partial charge in [-0.15, -0.1) is 0 Å². The van der Waals surface area contributed by atoms with E-state index in [1.165, 1.54) is 57.8 Å². The molecule has 0 radical (unpaired) electrons. The van der Waals surface area contributed by atoms with Gasteiger partial charge in [0.2, 0.25) is 0 Å². The van der Waals surface area contributed by atoms with E-state index in [-0.39, 0.29) is 0 Å². The third-order valence-corrected chi connectivity index (χ3v) is 4.41. The Bertz CT molecular complexity index is 371. The van der Waals surface area contributed by atoms with Crippen molar-refractivity contribution >= 4 is 0 Å². The predicted octanol–water partition coefficient (Wildman–Crippen LogP) is 6.84. The normalized spacial score (nSPS) is 11.3. The van der Waals surface area contributed by atoms with E-state index >= 15 is 0 Å². The quantitative estimate of drug-likeness (QED) is 0.442. The summed E-state index contributed by atoms with van der Waals surface area (Å²) in [6.45, 7) is 11.6. The van der Waals surface area contributed by atoms with Gasteiger partial charge in [-0.1, -0.05) is 66.0 Å². The van der Waals surface area contributed by atoms with Crippen LogP contribution in [0.2, 0.25) is 0 Å². The largest absolute Gasteiger partial charge is 0.0654 e. The van der Waals surface area contributed by atoms with E-state index in [1.54, 1.807) is 22.3 Å². The Morgan fingerprint density at radius 2 is 1.14 bits per heavy atom. The van der Waals surface area contributed by atoms with Crippen LogP contribution in [0.15, 0.2) is 12.1 Å². The Kier molecular flexibility index (Phi) is 8.73. The minimum atomic E-state index is 0.656. The van der Waals surface area contributed by atoms with Crippen molar-refractivity contribution in [3.8, 4) is 0 Å². The molecule has 21 heavy (non-hydrogen) atoms. The first-order chi connectivity index (χ1) is 10.1. The number of rotatable bonds is 10. The molecule has 0 heteroatoms. The summed E-state index contributed by atoms with van der Waals surface area (Å²) in [5, 5.41) is 0. The summed E-state index contributed by atoms with van der Waals surface area (Å²) in [5.74, 6) is 0.656. The Labute approximate surface area is 133 Å². The van der Waals surface area contributed by atoms with Crippen LogP contribution >= 0.6 is 0 Å². The summed E-state index contributed by atoms with van der Waals surface area (Å²) < 4.78 is 0. The van der Waals surface area contributed by atoms with Crippen LogP contribution in [0, 0.1) is 0 Å². The molecule has 0 saturated heterocycles. The number of aryl methyl sites for hydroxylation is 3. The van der Waals surface area contributed by atoms with Crippen molar-refractivity contribution in [3.63, 3.8) is 0 Å². The van der Waals surface area contributed by atoms with Gasteiger partial charge in [-0.2, -0.15) is 0 Å². The molecule has 0 amide bonds. The van der Waals surface area contributed by atoms with Gasteiger partial charge in [-0.25, -0.2) is 0 Å². The molecule has 0 aliphatic rings. The molecular formula is C21H36. The molecule has 0 aromatic heterocycles. The highest BCUT2D eigenvalue weighted by molar-refractivity contribution is 5.42. The molecule has 1 aromatic rings. The maximum Gasteiger partial charge on any atom is -0.0213 e. The maximum atomic E-state index is 2.52. The smallest absolute Gasteiger partial charge is 0.0213 e. The summed E-state index contributed by atoms with van der Waals surface area (Å²) in [4.78, 5) is 0. The molecule has 0 aliphatic heterocycles. The third-order valence-electron chi connectivity index (χ3n) is 4.41. The van der Waals surface area contributed by atoms with Gasteiger partial charge in [0.05, 0.1) is 0 Å². The summed E-state index contributed by atoms with van der Waals surface area (Å²) in [5.41, 5.74) is 6.54. The van der Waals surface area contributed by atoms with Crippen LogP contribution in [0.3, 0.4) is 0 Å². The monoisotopic (exact) mass is 288 g/mol. The molecule has 1 rings (SSSR count). The summed E-state index contributed by atoms with van der Waals surface area (Å²) in [6, 6.07) is 5.05. The molecule has 0 fully saturated rings. The molecule has 0 unspecified atom stereocenters. The SMILES string of the molecule is CCCCc1cc(CCCC)c(C(C)C)c(CCCC)c1. The minimum Gasteiger partial charge on any atom is -0.0654 e. The summed E-state index contributed by atoms with van der Waals surface area (Å²) in [6.07, 6.45) is 11.6. The Morgan fingerprint density at radius 3 is 1.52 bits per heavy atom. The highest BCUT2D eigenvalue weighted by Crippen LogP contribution is 2.29. The Hall–Kier alpha value is -0.780. The van der Waals surface area contributed by atoms with Crippen LogP contribution in [-0.2, 0) is 19.3 Å². The zero-order valence-corrected chi connectivity index (χ0v) is 15.1. The van der Waals surface area contributed by atoms with Gasteiger partial charge in [0, 0.05) is 0 Å². The Morgan fingerprint density at radius 1 is 0.714 bits per heavy atom. The highest BCUT2D eigenvalue weighted by Gasteiger charge is 2.13. The van der Waals surface area contributed by atoms with E-state index in [0.717, 1.165) is 0 Å². The lowest BCUT2D eigenvalue weighted by Crippen LogP contribution is -2.05. The van der Waals surface area contributed by atoms with Crippen LogP contribution in [0.5, 0.6) is 0 Å². The maximum absolute atomic E-state index is 2.52. The zero-order chi connectivity index (χ0) is 15.7. The average Bonchev–Trinajstić information content (AvgIpc) is 2.47. The van der Waals surface area contributed by atoms with E-state index < -0.39 is 0 Å². The number of unbranched alkanes of at least 4 members (excludes halogenated alkanes) is 3. The lowest BCUT2D eigenvalue weighted by Gasteiger charge is -2.20. The third kappa shape index (κ3) is 5.85.